The van der Waals surface area contributed by atoms with Crippen LogP contribution in [-0.2, 0) is 18.9 Å². The molecule has 4 rings (SSSR count). The maximum atomic E-state index is 13.6. The van der Waals surface area contributed by atoms with E-state index in [1.807, 2.05) is 11.9 Å². The van der Waals surface area contributed by atoms with Gasteiger partial charge in [0.05, 0.1) is 35.2 Å². The summed E-state index contributed by atoms with van der Waals surface area (Å²) in [6.07, 6.45) is -3.74. The van der Waals surface area contributed by atoms with Gasteiger partial charge in [-0.3, -0.25) is 9.88 Å². The number of nitrogens with zero attached hydrogens (tertiary/aromatic N) is 5. The van der Waals surface area contributed by atoms with Crippen LogP contribution in [-0.4, -0.2) is 38.4 Å². The van der Waals surface area contributed by atoms with E-state index in [4.69, 9.17) is 0 Å². The molecule has 12 heteroatoms. The van der Waals surface area contributed by atoms with Crippen molar-refractivity contribution in [1.82, 2.24) is 24.8 Å². The SMILES string of the molecule is CCCCCN(C)Cc1nc(Nc2ccc(C(F)(F)F)nc2)c2ccc(-c3ncccc3C(F)(F)F)cc2n1. The molecule has 1 N–H and O–H groups in total. The average molecular weight is 549 g/mol. The Hall–Kier alpha value is -3.80. The van der Waals surface area contributed by atoms with Crippen LogP contribution in [0.2, 0.25) is 0 Å². The van der Waals surface area contributed by atoms with E-state index in [9.17, 15) is 26.3 Å². The van der Waals surface area contributed by atoms with Gasteiger partial charge in [-0.15, -0.1) is 0 Å². The fraction of sp³-hybridized carbons (Fsp3) is 0.333. The number of rotatable bonds is 9. The Bertz CT molecular complexity index is 1420. The smallest absolute Gasteiger partial charge is 0.338 e. The molecule has 0 unspecified atom stereocenters. The zero-order chi connectivity index (χ0) is 28.2. The first-order valence-corrected chi connectivity index (χ1v) is 12.3. The highest BCUT2D eigenvalue weighted by Gasteiger charge is 2.34. The molecule has 0 aliphatic carbocycles. The molecule has 0 saturated heterocycles. The molecule has 206 valence electrons. The van der Waals surface area contributed by atoms with E-state index in [1.165, 1.54) is 30.5 Å². The van der Waals surface area contributed by atoms with E-state index in [1.54, 1.807) is 6.07 Å². The first-order chi connectivity index (χ1) is 18.5. The van der Waals surface area contributed by atoms with Crippen molar-refractivity contribution in [3.63, 3.8) is 0 Å². The topological polar surface area (TPSA) is 66.8 Å². The van der Waals surface area contributed by atoms with Crippen molar-refractivity contribution >= 4 is 22.4 Å². The molecule has 0 bridgehead atoms. The summed E-state index contributed by atoms with van der Waals surface area (Å²) in [4.78, 5) is 18.7. The standard InChI is InChI=1S/C27H26F6N6/c1-3-4-5-13-39(2)16-23-37-21-14-17(24-20(26(28,29)30)7-6-12-34-24)8-10-19(21)25(38-23)36-18-9-11-22(35-15-18)27(31,32)33/h6-12,14-15H,3-5,13,16H2,1-2H3,(H,36,37,38). The number of benzene rings is 1. The Balaban J connectivity index is 1.76. The predicted molar refractivity (Wildman–Crippen MR) is 136 cm³/mol. The van der Waals surface area contributed by atoms with Crippen LogP contribution in [0.25, 0.3) is 22.2 Å². The number of fused-ring (bicyclic) bond motifs is 1. The molecule has 4 aromatic rings. The van der Waals surface area contributed by atoms with Crippen molar-refractivity contribution < 1.29 is 26.3 Å². The molecule has 0 aliphatic heterocycles. The Kier molecular flexibility index (Phi) is 8.34. The fourth-order valence-corrected chi connectivity index (χ4v) is 4.08. The molecule has 0 spiro atoms. The van der Waals surface area contributed by atoms with Gasteiger partial charge in [-0.2, -0.15) is 26.3 Å². The summed E-state index contributed by atoms with van der Waals surface area (Å²) in [5, 5.41) is 3.46. The number of halogens is 6. The molecule has 0 saturated carbocycles. The largest absolute Gasteiger partial charge is 0.433 e. The number of aromatic nitrogens is 4. The Morgan fingerprint density at radius 3 is 2.36 bits per heavy atom. The minimum Gasteiger partial charge on any atom is -0.338 e. The highest BCUT2D eigenvalue weighted by atomic mass is 19.4. The van der Waals surface area contributed by atoms with E-state index < -0.39 is 23.6 Å². The maximum Gasteiger partial charge on any atom is 0.433 e. The number of alkyl halides is 6. The van der Waals surface area contributed by atoms with Gasteiger partial charge in [-0.05, 0) is 56.4 Å². The third kappa shape index (κ3) is 6.99. The lowest BCUT2D eigenvalue weighted by atomic mass is 10.0. The lowest BCUT2D eigenvalue weighted by Gasteiger charge is -2.18. The van der Waals surface area contributed by atoms with E-state index in [0.29, 0.717) is 29.1 Å². The summed E-state index contributed by atoms with van der Waals surface area (Å²) in [6.45, 7) is 3.26. The van der Waals surface area contributed by atoms with Crippen molar-refractivity contribution in [3.05, 3.63) is 71.9 Å². The fourth-order valence-electron chi connectivity index (χ4n) is 4.08. The Labute approximate surface area is 221 Å². The lowest BCUT2D eigenvalue weighted by molar-refractivity contribution is -0.141. The first-order valence-electron chi connectivity index (χ1n) is 12.3. The molecule has 0 fully saturated rings. The van der Waals surface area contributed by atoms with Crippen LogP contribution in [0.4, 0.5) is 37.8 Å². The second-order valence-electron chi connectivity index (χ2n) is 9.12. The van der Waals surface area contributed by atoms with Gasteiger partial charge in [0.25, 0.3) is 0 Å². The number of pyridine rings is 2. The van der Waals surface area contributed by atoms with Crippen LogP contribution in [0.5, 0.6) is 0 Å². The van der Waals surface area contributed by atoms with Gasteiger partial charge in [-0.1, -0.05) is 25.8 Å². The van der Waals surface area contributed by atoms with Crippen molar-refractivity contribution in [3.8, 4) is 11.3 Å². The van der Waals surface area contributed by atoms with Gasteiger partial charge < -0.3 is 5.32 Å². The van der Waals surface area contributed by atoms with Crippen LogP contribution >= 0.6 is 0 Å². The van der Waals surface area contributed by atoms with E-state index >= 15 is 0 Å². The molecular formula is C27H26F6N6. The van der Waals surface area contributed by atoms with Crippen LogP contribution in [0.1, 0.15) is 43.3 Å². The summed E-state index contributed by atoms with van der Waals surface area (Å²) in [6, 6.07) is 8.83. The third-order valence-corrected chi connectivity index (χ3v) is 6.00. The van der Waals surface area contributed by atoms with Crippen molar-refractivity contribution in [2.45, 2.75) is 45.1 Å². The summed E-state index contributed by atoms with van der Waals surface area (Å²) in [7, 11) is 1.91. The van der Waals surface area contributed by atoms with Gasteiger partial charge in [0, 0.05) is 17.1 Å². The van der Waals surface area contributed by atoms with E-state index in [0.717, 1.165) is 44.1 Å². The van der Waals surface area contributed by atoms with Gasteiger partial charge in [0.15, 0.2) is 0 Å². The van der Waals surface area contributed by atoms with Gasteiger partial charge >= 0.3 is 12.4 Å². The van der Waals surface area contributed by atoms with Crippen molar-refractivity contribution in [1.29, 1.82) is 0 Å². The molecule has 1 aromatic carbocycles. The highest BCUT2D eigenvalue weighted by molar-refractivity contribution is 5.93. The van der Waals surface area contributed by atoms with Crippen molar-refractivity contribution in [2.24, 2.45) is 0 Å². The molecular weight excluding hydrogens is 522 g/mol. The predicted octanol–water partition coefficient (Wildman–Crippen LogP) is 7.49. The monoisotopic (exact) mass is 548 g/mol. The van der Waals surface area contributed by atoms with Crippen LogP contribution in [0, 0.1) is 0 Å². The number of hydrogen-bond donors (Lipinski definition) is 1. The molecule has 0 atom stereocenters. The molecule has 39 heavy (non-hydrogen) atoms. The molecule has 6 nitrogen and oxygen atoms in total. The van der Waals surface area contributed by atoms with E-state index in [2.05, 4.69) is 32.2 Å². The third-order valence-electron chi connectivity index (χ3n) is 6.00. The number of hydrogen-bond acceptors (Lipinski definition) is 6. The minimum absolute atomic E-state index is 0.221. The molecule has 3 aromatic heterocycles. The highest BCUT2D eigenvalue weighted by Crippen LogP contribution is 2.37. The van der Waals surface area contributed by atoms with Crippen LogP contribution in [0.15, 0.2) is 54.9 Å². The summed E-state index contributed by atoms with van der Waals surface area (Å²) < 4.78 is 79.7. The minimum atomic E-state index is -4.60. The number of nitrogens with one attached hydrogen (secondary N) is 1. The van der Waals surface area contributed by atoms with Gasteiger partial charge in [0.2, 0.25) is 0 Å². The number of unbranched alkanes of at least 4 members (excludes halogenated alkanes) is 2. The Morgan fingerprint density at radius 1 is 0.897 bits per heavy atom. The normalized spacial score (nSPS) is 12.3. The van der Waals surface area contributed by atoms with Gasteiger partial charge in [-0.25, -0.2) is 15.0 Å². The van der Waals surface area contributed by atoms with Gasteiger partial charge in [0.1, 0.15) is 17.3 Å². The quantitative estimate of drug-likeness (QED) is 0.173. The molecule has 0 aliphatic rings. The zero-order valence-electron chi connectivity index (χ0n) is 21.2. The summed E-state index contributed by atoms with van der Waals surface area (Å²) in [5.74, 6) is 0.695. The summed E-state index contributed by atoms with van der Waals surface area (Å²) in [5.41, 5.74) is -1.29. The second kappa shape index (κ2) is 11.5. The first kappa shape index (κ1) is 28.2. The average Bonchev–Trinajstić information content (AvgIpc) is 2.88. The van der Waals surface area contributed by atoms with Crippen LogP contribution < -0.4 is 5.32 Å². The zero-order valence-corrected chi connectivity index (χ0v) is 21.2. The second-order valence-corrected chi connectivity index (χ2v) is 9.12. The summed E-state index contributed by atoms with van der Waals surface area (Å²) >= 11 is 0. The lowest BCUT2D eigenvalue weighted by Crippen LogP contribution is -2.21. The van der Waals surface area contributed by atoms with Crippen molar-refractivity contribution in [2.75, 3.05) is 18.9 Å². The molecule has 0 amide bonds. The molecule has 0 radical (unpaired) electrons. The van der Waals surface area contributed by atoms with Crippen LogP contribution in [0.3, 0.4) is 0 Å². The Morgan fingerprint density at radius 2 is 1.69 bits per heavy atom. The van der Waals surface area contributed by atoms with E-state index in [-0.39, 0.29) is 16.9 Å². The number of anilines is 2. The molecule has 3 heterocycles. The maximum absolute atomic E-state index is 13.6.